The van der Waals surface area contributed by atoms with Gasteiger partial charge in [0.05, 0.1) is 37.7 Å². The number of amides is 1. The average Bonchev–Trinajstić information content (AvgIpc) is 3.29. The van der Waals surface area contributed by atoms with Crippen LogP contribution < -0.4 is 5.32 Å². The summed E-state index contributed by atoms with van der Waals surface area (Å²) in [6.45, 7) is 7.37. The molecule has 0 aliphatic heterocycles. The van der Waals surface area contributed by atoms with Crippen LogP contribution in [-0.2, 0) is 4.74 Å². The van der Waals surface area contributed by atoms with Crippen molar-refractivity contribution >= 4 is 62.1 Å². The van der Waals surface area contributed by atoms with Crippen molar-refractivity contribution < 1.29 is 14.3 Å². The third kappa shape index (κ3) is 4.41. The van der Waals surface area contributed by atoms with Crippen LogP contribution in [-0.4, -0.2) is 23.0 Å². The van der Waals surface area contributed by atoms with E-state index in [0.29, 0.717) is 31.7 Å². The lowest BCUT2D eigenvalue weighted by atomic mass is 10.1. The zero-order chi connectivity index (χ0) is 23.0. The van der Waals surface area contributed by atoms with Crippen molar-refractivity contribution in [3.63, 3.8) is 0 Å². The second kappa shape index (κ2) is 9.02. The van der Waals surface area contributed by atoms with Gasteiger partial charge in [-0.15, -0.1) is 22.7 Å². The zero-order valence-electron chi connectivity index (χ0n) is 18.0. The number of carbonyl (C=O) groups is 2. The van der Waals surface area contributed by atoms with Crippen LogP contribution in [0, 0.1) is 13.8 Å². The van der Waals surface area contributed by atoms with E-state index < -0.39 is 5.97 Å². The molecule has 0 aliphatic rings. The van der Waals surface area contributed by atoms with Crippen LogP contribution in [0.4, 0.5) is 5.00 Å². The lowest BCUT2D eigenvalue weighted by molar-refractivity contribution is 0.0379. The van der Waals surface area contributed by atoms with E-state index >= 15 is 0 Å². The molecule has 32 heavy (non-hydrogen) atoms. The molecule has 0 radical (unpaired) electrons. The highest BCUT2D eigenvalue weighted by molar-refractivity contribution is 7.19. The molecule has 0 spiro atoms. The third-order valence-electron chi connectivity index (χ3n) is 4.95. The molecule has 5 nitrogen and oxygen atoms in total. The number of aryl methyl sites for hydroxylation is 1. The Balaban J connectivity index is 1.77. The van der Waals surface area contributed by atoms with Crippen LogP contribution in [0.2, 0.25) is 4.34 Å². The van der Waals surface area contributed by atoms with Crippen LogP contribution in [0.3, 0.4) is 0 Å². The van der Waals surface area contributed by atoms with E-state index in [2.05, 4.69) is 5.32 Å². The summed E-state index contributed by atoms with van der Waals surface area (Å²) >= 11 is 8.88. The number of carbonyl (C=O) groups excluding carboxylic acids is 2. The molecule has 0 fully saturated rings. The van der Waals surface area contributed by atoms with E-state index in [4.69, 9.17) is 21.3 Å². The summed E-state index contributed by atoms with van der Waals surface area (Å²) in [5.74, 6) is -0.752. The number of anilines is 1. The number of thiophene rings is 2. The molecule has 0 atom stereocenters. The van der Waals surface area contributed by atoms with E-state index in [1.54, 1.807) is 19.9 Å². The van der Waals surface area contributed by atoms with Crippen molar-refractivity contribution in [1.29, 1.82) is 0 Å². The van der Waals surface area contributed by atoms with Gasteiger partial charge in [0.1, 0.15) is 5.00 Å². The van der Waals surface area contributed by atoms with Crippen molar-refractivity contribution in [2.75, 3.05) is 5.32 Å². The molecule has 0 aliphatic carbocycles. The number of aromatic nitrogens is 1. The Morgan fingerprint density at radius 2 is 1.84 bits per heavy atom. The molecule has 0 saturated heterocycles. The Morgan fingerprint density at radius 1 is 1.09 bits per heavy atom. The molecular formula is C24H21ClN2O3S2. The molecule has 4 aromatic rings. The second-order valence-electron chi connectivity index (χ2n) is 7.57. The van der Waals surface area contributed by atoms with Gasteiger partial charge in [0.25, 0.3) is 5.91 Å². The number of hydrogen-bond donors (Lipinski definition) is 1. The predicted molar refractivity (Wildman–Crippen MR) is 132 cm³/mol. The van der Waals surface area contributed by atoms with Crippen LogP contribution >= 0.6 is 34.3 Å². The Labute approximate surface area is 199 Å². The SMILES string of the molecule is Cc1sc(NC(=O)c2cc(-c3ccc(Cl)s3)nc3ccccc23)c(C(=O)OC(C)C)c1C. The standard InChI is InChI=1S/C24H21ClN2O3S2/c1-12(2)30-24(29)21-13(3)14(4)31-23(21)27-22(28)16-11-18(19-9-10-20(25)32-19)26-17-8-6-5-7-15(16)17/h5-12H,1-4H3,(H,27,28). The van der Waals surface area contributed by atoms with Gasteiger partial charge in [0.2, 0.25) is 0 Å². The molecule has 3 aromatic heterocycles. The van der Waals surface area contributed by atoms with E-state index in [1.807, 2.05) is 50.2 Å². The van der Waals surface area contributed by atoms with Crippen molar-refractivity contribution in [1.82, 2.24) is 4.98 Å². The normalized spacial score (nSPS) is 11.2. The summed E-state index contributed by atoms with van der Waals surface area (Å²) in [6, 6.07) is 12.9. The lowest BCUT2D eigenvalue weighted by Crippen LogP contribution is -2.17. The van der Waals surface area contributed by atoms with Gasteiger partial charge in [-0.1, -0.05) is 29.8 Å². The number of pyridine rings is 1. The number of esters is 1. The summed E-state index contributed by atoms with van der Waals surface area (Å²) < 4.78 is 6.05. The number of nitrogens with one attached hydrogen (secondary N) is 1. The summed E-state index contributed by atoms with van der Waals surface area (Å²) in [5, 5.41) is 4.16. The van der Waals surface area contributed by atoms with E-state index in [0.717, 1.165) is 20.7 Å². The van der Waals surface area contributed by atoms with E-state index in [1.165, 1.54) is 22.7 Å². The minimum atomic E-state index is -0.439. The number of rotatable bonds is 5. The van der Waals surface area contributed by atoms with Gasteiger partial charge in [-0.2, -0.15) is 0 Å². The van der Waals surface area contributed by atoms with Gasteiger partial charge in [-0.3, -0.25) is 4.79 Å². The molecule has 8 heteroatoms. The topological polar surface area (TPSA) is 68.3 Å². The highest BCUT2D eigenvalue weighted by Gasteiger charge is 2.24. The molecule has 0 saturated carbocycles. The molecule has 1 amide bonds. The largest absolute Gasteiger partial charge is 0.459 e. The maximum atomic E-state index is 13.4. The van der Waals surface area contributed by atoms with Gasteiger partial charge in [-0.25, -0.2) is 9.78 Å². The van der Waals surface area contributed by atoms with E-state index in [-0.39, 0.29) is 12.0 Å². The lowest BCUT2D eigenvalue weighted by Gasteiger charge is -2.12. The summed E-state index contributed by atoms with van der Waals surface area (Å²) in [7, 11) is 0. The smallest absolute Gasteiger partial charge is 0.341 e. The number of fused-ring (bicyclic) bond motifs is 1. The Hall–Kier alpha value is -2.74. The van der Waals surface area contributed by atoms with Gasteiger partial charge in [0, 0.05) is 10.3 Å². The van der Waals surface area contributed by atoms with Crippen LogP contribution in [0.15, 0.2) is 42.5 Å². The first kappa shape index (κ1) is 22.5. The van der Waals surface area contributed by atoms with Gasteiger partial charge in [0.15, 0.2) is 0 Å². The number of halogens is 1. The number of nitrogens with zero attached hydrogens (tertiary/aromatic N) is 1. The van der Waals surface area contributed by atoms with Crippen molar-refractivity contribution in [3.8, 4) is 10.6 Å². The fraction of sp³-hybridized carbons (Fsp3) is 0.208. The Morgan fingerprint density at radius 3 is 2.53 bits per heavy atom. The van der Waals surface area contributed by atoms with Crippen molar-refractivity contribution in [3.05, 3.63) is 68.4 Å². The minimum absolute atomic E-state index is 0.255. The molecular weight excluding hydrogens is 464 g/mol. The van der Waals surface area contributed by atoms with Crippen LogP contribution in [0.5, 0.6) is 0 Å². The fourth-order valence-corrected chi connectivity index (χ4v) is 5.39. The highest BCUT2D eigenvalue weighted by atomic mass is 35.5. The summed E-state index contributed by atoms with van der Waals surface area (Å²) in [5.41, 5.74) is 3.06. The highest BCUT2D eigenvalue weighted by Crippen LogP contribution is 2.35. The van der Waals surface area contributed by atoms with Crippen molar-refractivity contribution in [2.45, 2.75) is 33.8 Å². The predicted octanol–water partition coefficient (Wildman–Crippen LogP) is 7.11. The Kier molecular flexibility index (Phi) is 6.33. The molecule has 164 valence electrons. The minimum Gasteiger partial charge on any atom is -0.459 e. The molecule has 0 unspecified atom stereocenters. The summed E-state index contributed by atoms with van der Waals surface area (Å²) in [6.07, 6.45) is -0.255. The van der Waals surface area contributed by atoms with Gasteiger partial charge < -0.3 is 10.1 Å². The fourth-order valence-electron chi connectivity index (χ4n) is 3.35. The van der Waals surface area contributed by atoms with Crippen LogP contribution in [0.1, 0.15) is 45.0 Å². The first-order valence-electron chi connectivity index (χ1n) is 10.0. The maximum Gasteiger partial charge on any atom is 0.341 e. The molecule has 0 bridgehead atoms. The first-order valence-corrected chi connectivity index (χ1v) is 12.0. The average molecular weight is 485 g/mol. The summed E-state index contributed by atoms with van der Waals surface area (Å²) in [4.78, 5) is 32.6. The number of benzene rings is 1. The van der Waals surface area contributed by atoms with Crippen molar-refractivity contribution in [2.24, 2.45) is 0 Å². The molecule has 3 heterocycles. The first-order chi connectivity index (χ1) is 15.2. The van der Waals surface area contributed by atoms with Crippen LogP contribution in [0.25, 0.3) is 21.5 Å². The quantitative estimate of drug-likeness (QED) is 0.306. The second-order valence-corrected chi connectivity index (χ2v) is 10.5. The molecule has 1 N–H and O–H groups in total. The third-order valence-corrected chi connectivity index (χ3v) is 7.32. The molecule has 4 rings (SSSR count). The monoisotopic (exact) mass is 484 g/mol. The van der Waals surface area contributed by atoms with E-state index in [9.17, 15) is 9.59 Å². The maximum absolute atomic E-state index is 13.4. The van der Waals surface area contributed by atoms with Gasteiger partial charge >= 0.3 is 5.97 Å². The zero-order valence-corrected chi connectivity index (χ0v) is 20.4. The van der Waals surface area contributed by atoms with Gasteiger partial charge in [-0.05, 0) is 57.5 Å². The number of para-hydroxylation sites is 1. The number of ether oxygens (including phenoxy) is 1. The molecule has 1 aromatic carbocycles. The Bertz CT molecular complexity index is 1340. The number of hydrogen-bond acceptors (Lipinski definition) is 6.